The Balaban J connectivity index is 1.77. The van der Waals surface area contributed by atoms with Gasteiger partial charge in [0.15, 0.2) is 0 Å². The molecule has 7 nitrogen and oxygen atoms in total. The number of nitrogens with two attached hydrogens (primary N) is 1. The van der Waals surface area contributed by atoms with E-state index in [1.807, 2.05) is 34.9 Å². The van der Waals surface area contributed by atoms with E-state index in [0.717, 1.165) is 5.56 Å². The molecule has 0 fully saturated rings. The number of halogens is 1. The van der Waals surface area contributed by atoms with E-state index < -0.39 is 15.9 Å². The van der Waals surface area contributed by atoms with Crippen molar-refractivity contribution in [1.82, 2.24) is 8.87 Å². The van der Waals surface area contributed by atoms with Crippen LogP contribution in [0.25, 0.3) is 11.3 Å². The molecule has 2 heterocycles. The van der Waals surface area contributed by atoms with Crippen LogP contribution in [0.1, 0.15) is 21.6 Å². The van der Waals surface area contributed by atoms with Gasteiger partial charge in [-0.05, 0) is 23.3 Å². The zero-order valence-corrected chi connectivity index (χ0v) is 17.5. The predicted molar refractivity (Wildman–Crippen MR) is 113 cm³/mol. The number of aromatic nitrogens is 1. The summed E-state index contributed by atoms with van der Waals surface area (Å²) >= 11 is 6.55. The molecule has 0 saturated heterocycles. The van der Waals surface area contributed by atoms with E-state index in [-0.39, 0.29) is 35.2 Å². The molecule has 0 unspecified atom stereocenters. The van der Waals surface area contributed by atoms with Crippen molar-refractivity contribution in [3.8, 4) is 11.3 Å². The fourth-order valence-electron chi connectivity index (χ4n) is 3.75. The Morgan fingerprint density at radius 3 is 2.33 bits per heavy atom. The molecule has 2 aromatic carbocycles. The number of carbonyl (C=O) groups is 1. The lowest BCUT2D eigenvalue weighted by Gasteiger charge is -2.29. The Morgan fingerprint density at radius 2 is 1.73 bits per heavy atom. The van der Waals surface area contributed by atoms with Crippen LogP contribution in [0.5, 0.6) is 0 Å². The van der Waals surface area contributed by atoms with Crippen LogP contribution in [-0.2, 0) is 29.7 Å². The SMILES string of the molecule is NC(=O)c1c(Cl)c(-c2ccccc2)n2c1CN(S(=O)(=O)c1ccc(CO)cc1)CC2. The van der Waals surface area contributed by atoms with E-state index in [4.69, 9.17) is 17.3 Å². The molecule has 156 valence electrons. The Bertz CT molecular complexity index is 1210. The number of nitrogens with zero attached hydrogens (tertiary/aromatic N) is 2. The zero-order valence-electron chi connectivity index (χ0n) is 16.0. The van der Waals surface area contributed by atoms with Gasteiger partial charge in [-0.1, -0.05) is 54.1 Å². The predicted octanol–water partition coefficient (Wildman–Crippen LogP) is 2.60. The lowest BCUT2D eigenvalue weighted by molar-refractivity contribution is 0.0998. The van der Waals surface area contributed by atoms with Crippen molar-refractivity contribution < 1.29 is 18.3 Å². The largest absolute Gasteiger partial charge is 0.392 e. The number of carbonyl (C=O) groups excluding carboxylic acids is 1. The standard InChI is InChI=1S/C21H20ClN3O4S/c22-19-18(21(23)27)17-12-24(30(28,29)16-8-6-14(13-26)7-9-16)10-11-25(17)20(19)15-4-2-1-3-5-15/h1-9,26H,10-13H2,(H2,23,27). The fraction of sp³-hybridized carbons (Fsp3) is 0.190. The molecule has 1 aliphatic heterocycles. The van der Waals surface area contributed by atoms with E-state index in [9.17, 15) is 18.3 Å². The molecule has 1 aromatic heterocycles. The average Bonchev–Trinajstić information content (AvgIpc) is 3.05. The van der Waals surface area contributed by atoms with Crippen molar-refractivity contribution in [2.24, 2.45) is 5.73 Å². The highest BCUT2D eigenvalue weighted by molar-refractivity contribution is 7.89. The highest BCUT2D eigenvalue weighted by atomic mass is 35.5. The first kappa shape index (κ1) is 20.6. The average molecular weight is 446 g/mol. The molecule has 1 aliphatic rings. The molecule has 1 amide bonds. The Kier molecular flexibility index (Phi) is 5.42. The summed E-state index contributed by atoms with van der Waals surface area (Å²) in [5.74, 6) is -0.697. The van der Waals surface area contributed by atoms with Crippen molar-refractivity contribution in [2.45, 2.75) is 24.6 Å². The third-order valence-electron chi connectivity index (χ3n) is 5.25. The van der Waals surface area contributed by atoms with Crippen LogP contribution in [0.2, 0.25) is 5.02 Å². The summed E-state index contributed by atoms with van der Waals surface area (Å²) in [5, 5.41) is 9.41. The van der Waals surface area contributed by atoms with Gasteiger partial charge in [0.05, 0.1) is 34.3 Å². The van der Waals surface area contributed by atoms with Gasteiger partial charge < -0.3 is 15.4 Å². The number of primary amides is 1. The maximum absolute atomic E-state index is 13.1. The van der Waals surface area contributed by atoms with Gasteiger partial charge in [0.25, 0.3) is 5.91 Å². The first-order chi connectivity index (χ1) is 14.3. The zero-order chi connectivity index (χ0) is 21.5. The molecular formula is C21H20ClN3O4S. The van der Waals surface area contributed by atoms with E-state index in [2.05, 4.69) is 0 Å². The van der Waals surface area contributed by atoms with E-state index in [1.165, 1.54) is 16.4 Å². The smallest absolute Gasteiger partial charge is 0.252 e. The maximum atomic E-state index is 13.1. The molecule has 30 heavy (non-hydrogen) atoms. The van der Waals surface area contributed by atoms with Crippen LogP contribution in [0, 0.1) is 0 Å². The Morgan fingerprint density at radius 1 is 1.07 bits per heavy atom. The number of hydrogen-bond acceptors (Lipinski definition) is 4. The third kappa shape index (κ3) is 3.41. The summed E-state index contributed by atoms with van der Waals surface area (Å²) in [6.07, 6.45) is 0. The molecule has 0 spiro atoms. The van der Waals surface area contributed by atoms with E-state index in [0.29, 0.717) is 23.5 Å². The van der Waals surface area contributed by atoms with Crippen molar-refractivity contribution in [3.05, 3.63) is 76.4 Å². The highest BCUT2D eigenvalue weighted by Gasteiger charge is 2.34. The minimum atomic E-state index is -3.80. The molecular weight excluding hydrogens is 426 g/mol. The molecule has 9 heteroatoms. The third-order valence-corrected chi connectivity index (χ3v) is 7.48. The molecule has 3 aromatic rings. The van der Waals surface area contributed by atoms with Gasteiger partial charge in [0.2, 0.25) is 10.0 Å². The number of benzene rings is 2. The lowest BCUT2D eigenvalue weighted by atomic mass is 10.1. The van der Waals surface area contributed by atoms with Crippen LogP contribution >= 0.6 is 11.6 Å². The number of aliphatic hydroxyl groups is 1. The normalized spacial score (nSPS) is 14.5. The van der Waals surface area contributed by atoms with Gasteiger partial charge in [0.1, 0.15) is 0 Å². The fourth-order valence-corrected chi connectivity index (χ4v) is 5.56. The number of hydrogen-bond donors (Lipinski definition) is 2. The number of aliphatic hydroxyl groups excluding tert-OH is 1. The van der Waals surface area contributed by atoms with Crippen LogP contribution in [0.3, 0.4) is 0 Å². The van der Waals surface area contributed by atoms with Gasteiger partial charge in [-0.15, -0.1) is 0 Å². The summed E-state index contributed by atoms with van der Waals surface area (Å²) < 4.78 is 29.5. The molecule has 0 atom stereocenters. The van der Waals surface area contributed by atoms with Gasteiger partial charge in [-0.25, -0.2) is 8.42 Å². The topological polar surface area (TPSA) is 106 Å². The maximum Gasteiger partial charge on any atom is 0.252 e. The van der Waals surface area contributed by atoms with Gasteiger partial charge in [-0.2, -0.15) is 4.31 Å². The minimum absolute atomic E-state index is 0.0189. The second-order valence-corrected chi connectivity index (χ2v) is 9.32. The summed E-state index contributed by atoms with van der Waals surface area (Å²) in [6.45, 7) is 0.371. The summed E-state index contributed by atoms with van der Waals surface area (Å²) in [7, 11) is -3.80. The van der Waals surface area contributed by atoms with Crippen LogP contribution in [-0.4, -0.2) is 34.8 Å². The first-order valence-corrected chi connectivity index (χ1v) is 11.1. The number of rotatable bonds is 5. The quantitative estimate of drug-likeness (QED) is 0.629. The second kappa shape index (κ2) is 7.88. The number of fused-ring (bicyclic) bond motifs is 1. The van der Waals surface area contributed by atoms with Crippen LogP contribution < -0.4 is 5.73 Å². The van der Waals surface area contributed by atoms with Crippen molar-refractivity contribution in [2.75, 3.05) is 6.54 Å². The summed E-state index contributed by atoms with van der Waals surface area (Å²) in [4.78, 5) is 12.3. The number of amides is 1. The molecule has 0 radical (unpaired) electrons. The van der Waals surface area contributed by atoms with E-state index >= 15 is 0 Å². The monoisotopic (exact) mass is 445 g/mol. The minimum Gasteiger partial charge on any atom is -0.392 e. The molecule has 0 saturated carbocycles. The van der Waals surface area contributed by atoms with Crippen molar-refractivity contribution in [1.29, 1.82) is 0 Å². The van der Waals surface area contributed by atoms with Gasteiger partial charge in [0, 0.05) is 18.8 Å². The summed E-state index contributed by atoms with van der Waals surface area (Å²) in [6, 6.07) is 15.4. The van der Waals surface area contributed by atoms with Crippen LogP contribution in [0.4, 0.5) is 0 Å². The highest BCUT2D eigenvalue weighted by Crippen LogP contribution is 2.38. The second-order valence-electron chi connectivity index (χ2n) is 7.01. The van der Waals surface area contributed by atoms with Crippen molar-refractivity contribution in [3.63, 3.8) is 0 Å². The molecule has 3 N–H and O–H groups in total. The number of sulfonamides is 1. The van der Waals surface area contributed by atoms with Crippen LogP contribution in [0.15, 0.2) is 59.5 Å². The van der Waals surface area contributed by atoms with Gasteiger partial charge in [-0.3, -0.25) is 4.79 Å². The molecule has 0 aliphatic carbocycles. The van der Waals surface area contributed by atoms with Crippen molar-refractivity contribution >= 4 is 27.5 Å². The molecule has 4 rings (SSSR count). The Labute approximate surface area is 179 Å². The molecule has 0 bridgehead atoms. The first-order valence-electron chi connectivity index (χ1n) is 9.30. The summed E-state index contributed by atoms with van der Waals surface area (Å²) in [5.41, 5.74) is 8.33. The Hall–Kier alpha value is -2.65. The van der Waals surface area contributed by atoms with E-state index in [1.54, 1.807) is 12.1 Å². The van der Waals surface area contributed by atoms with Gasteiger partial charge >= 0.3 is 0 Å². The lowest BCUT2D eigenvalue weighted by Crippen LogP contribution is -2.39.